The van der Waals surface area contributed by atoms with Crippen LogP contribution in [0, 0.1) is 11.7 Å². The predicted molar refractivity (Wildman–Crippen MR) is 64.8 cm³/mol. The number of thiocarbonyl (C=S) groups is 1. The molecule has 2 nitrogen and oxygen atoms in total. The minimum atomic E-state index is -0.132. The highest BCUT2D eigenvalue weighted by atomic mass is 32.1. The quantitative estimate of drug-likeness (QED) is 0.721. The molecule has 1 saturated heterocycles. The second-order valence-corrected chi connectivity index (χ2v) is 4.95. The summed E-state index contributed by atoms with van der Waals surface area (Å²) < 4.78 is 13.1. The van der Waals surface area contributed by atoms with Crippen LogP contribution >= 0.6 is 12.2 Å². The maximum absolute atomic E-state index is 13.1. The van der Waals surface area contributed by atoms with Gasteiger partial charge < -0.3 is 10.6 Å². The van der Waals surface area contributed by atoms with Crippen molar-refractivity contribution in [1.82, 2.24) is 10.6 Å². The highest BCUT2D eigenvalue weighted by Crippen LogP contribution is 2.29. The van der Waals surface area contributed by atoms with Crippen molar-refractivity contribution in [3.63, 3.8) is 0 Å². The molecule has 0 amide bonds. The van der Waals surface area contributed by atoms with Gasteiger partial charge in [0.25, 0.3) is 0 Å². The van der Waals surface area contributed by atoms with Crippen LogP contribution in [0.5, 0.6) is 0 Å². The average Bonchev–Trinajstić information content (AvgIpc) is 2.83. The molecule has 0 bridgehead atoms. The highest BCUT2D eigenvalue weighted by Gasteiger charge is 2.31. The van der Waals surface area contributed by atoms with E-state index in [-0.39, 0.29) is 5.82 Å². The molecular formula is C12H13FN2S. The Kier molecular flexibility index (Phi) is 2.32. The molecule has 2 N–H and O–H groups in total. The van der Waals surface area contributed by atoms with Crippen molar-refractivity contribution in [3.05, 3.63) is 35.1 Å². The number of benzene rings is 1. The Bertz CT molecular complexity index is 447. The summed E-state index contributed by atoms with van der Waals surface area (Å²) in [7, 11) is 0. The molecule has 84 valence electrons. The summed E-state index contributed by atoms with van der Waals surface area (Å²) >= 11 is 5.06. The summed E-state index contributed by atoms with van der Waals surface area (Å²) in [6.07, 6.45) is 1.98. The van der Waals surface area contributed by atoms with E-state index in [2.05, 4.69) is 10.6 Å². The fourth-order valence-electron chi connectivity index (χ4n) is 2.66. The largest absolute Gasteiger partial charge is 0.361 e. The maximum atomic E-state index is 13.1. The van der Waals surface area contributed by atoms with E-state index in [0.29, 0.717) is 12.0 Å². The number of nitrogens with one attached hydrogen (secondary N) is 2. The van der Waals surface area contributed by atoms with Gasteiger partial charge in [-0.25, -0.2) is 4.39 Å². The minimum absolute atomic E-state index is 0.132. The average molecular weight is 236 g/mol. The Morgan fingerprint density at radius 3 is 2.81 bits per heavy atom. The molecule has 1 heterocycles. The van der Waals surface area contributed by atoms with Gasteiger partial charge in [0.15, 0.2) is 5.11 Å². The molecule has 1 aromatic carbocycles. The van der Waals surface area contributed by atoms with E-state index >= 15 is 0 Å². The Morgan fingerprint density at radius 1 is 1.25 bits per heavy atom. The zero-order chi connectivity index (χ0) is 11.1. The molecular weight excluding hydrogens is 223 g/mol. The normalized spacial score (nSPS) is 27.4. The number of halogens is 1. The molecule has 0 radical (unpaired) electrons. The maximum Gasteiger partial charge on any atom is 0.166 e. The lowest BCUT2D eigenvalue weighted by molar-refractivity contribution is 0.432. The van der Waals surface area contributed by atoms with Gasteiger partial charge in [-0.05, 0) is 54.2 Å². The lowest BCUT2D eigenvalue weighted by Crippen LogP contribution is -2.34. The van der Waals surface area contributed by atoms with Crippen LogP contribution in [0.2, 0.25) is 0 Å². The first-order chi connectivity index (χ1) is 7.72. The van der Waals surface area contributed by atoms with Crippen LogP contribution < -0.4 is 10.6 Å². The summed E-state index contributed by atoms with van der Waals surface area (Å²) in [4.78, 5) is 0. The molecule has 2 unspecified atom stereocenters. The minimum Gasteiger partial charge on any atom is -0.361 e. The van der Waals surface area contributed by atoms with Gasteiger partial charge in [-0.15, -0.1) is 0 Å². The van der Waals surface area contributed by atoms with Crippen LogP contribution in [0.1, 0.15) is 11.1 Å². The van der Waals surface area contributed by atoms with Crippen LogP contribution in [-0.2, 0) is 12.8 Å². The topological polar surface area (TPSA) is 24.1 Å². The Balaban J connectivity index is 1.77. The molecule has 1 aliphatic carbocycles. The van der Waals surface area contributed by atoms with Gasteiger partial charge in [0.2, 0.25) is 0 Å². The van der Waals surface area contributed by atoms with Crippen molar-refractivity contribution in [2.75, 3.05) is 6.54 Å². The van der Waals surface area contributed by atoms with Crippen molar-refractivity contribution < 1.29 is 4.39 Å². The molecule has 0 saturated carbocycles. The number of hydrogen-bond donors (Lipinski definition) is 2. The number of fused-ring (bicyclic) bond motifs is 1. The molecule has 1 aromatic rings. The third-order valence-electron chi connectivity index (χ3n) is 3.50. The monoisotopic (exact) mass is 236 g/mol. The summed E-state index contributed by atoms with van der Waals surface area (Å²) in [6.45, 7) is 0.889. The predicted octanol–water partition coefficient (Wildman–Crippen LogP) is 1.39. The van der Waals surface area contributed by atoms with Gasteiger partial charge in [0.1, 0.15) is 5.82 Å². The molecule has 2 atom stereocenters. The van der Waals surface area contributed by atoms with Crippen molar-refractivity contribution >= 4 is 17.3 Å². The van der Waals surface area contributed by atoms with Gasteiger partial charge in [-0.2, -0.15) is 0 Å². The van der Waals surface area contributed by atoms with Gasteiger partial charge in [-0.3, -0.25) is 0 Å². The van der Waals surface area contributed by atoms with Gasteiger partial charge >= 0.3 is 0 Å². The summed E-state index contributed by atoms with van der Waals surface area (Å²) in [5.41, 5.74) is 2.44. The number of hydrogen-bond acceptors (Lipinski definition) is 1. The lowest BCUT2D eigenvalue weighted by Gasteiger charge is -2.16. The first-order valence-corrected chi connectivity index (χ1v) is 5.95. The highest BCUT2D eigenvalue weighted by molar-refractivity contribution is 7.80. The lowest BCUT2D eigenvalue weighted by atomic mass is 9.97. The van der Waals surface area contributed by atoms with Gasteiger partial charge in [-0.1, -0.05) is 6.07 Å². The fraction of sp³-hybridized carbons (Fsp3) is 0.417. The van der Waals surface area contributed by atoms with Crippen LogP contribution in [0.15, 0.2) is 18.2 Å². The second-order valence-electron chi connectivity index (χ2n) is 4.54. The van der Waals surface area contributed by atoms with E-state index in [0.717, 1.165) is 30.1 Å². The first kappa shape index (κ1) is 10.0. The van der Waals surface area contributed by atoms with Crippen molar-refractivity contribution in [3.8, 4) is 0 Å². The van der Waals surface area contributed by atoms with Gasteiger partial charge in [0.05, 0.1) is 0 Å². The molecule has 1 aliphatic heterocycles. The SMILES string of the molecule is Fc1ccc2c(c1)CC(C1CNC(=S)N1)C2. The molecule has 2 aliphatic rings. The van der Waals surface area contributed by atoms with Crippen molar-refractivity contribution in [1.29, 1.82) is 0 Å². The zero-order valence-corrected chi connectivity index (χ0v) is 9.61. The van der Waals surface area contributed by atoms with E-state index in [1.807, 2.05) is 6.07 Å². The van der Waals surface area contributed by atoms with E-state index in [1.54, 1.807) is 12.1 Å². The smallest absolute Gasteiger partial charge is 0.166 e. The van der Waals surface area contributed by atoms with Gasteiger partial charge in [0, 0.05) is 12.6 Å². The molecule has 16 heavy (non-hydrogen) atoms. The standard InChI is InChI=1S/C12H13FN2S/c13-10-2-1-7-3-9(4-8(7)5-10)11-6-14-12(16)15-11/h1-2,5,9,11H,3-4,6H2,(H2,14,15,16). The van der Waals surface area contributed by atoms with Crippen LogP contribution in [0.4, 0.5) is 4.39 Å². The first-order valence-electron chi connectivity index (χ1n) is 5.54. The molecule has 0 aromatic heterocycles. The van der Waals surface area contributed by atoms with E-state index in [4.69, 9.17) is 12.2 Å². The van der Waals surface area contributed by atoms with E-state index in [9.17, 15) is 4.39 Å². The molecule has 3 rings (SSSR count). The van der Waals surface area contributed by atoms with E-state index in [1.165, 1.54) is 5.56 Å². The summed E-state index contributed by atoms with van der Waals surface area (Å²) in [6, 6.07) is 5.51. The van der Waals surface area contributed by atoms with Crippen molar-refractivity contribution in [2.24, 2.45) is 5.92 Å². The summed E-state index contributed by atoms with van der Waals surface area (Å²) in [5, 5.41) is 7.15. The van der Waals surface area contributed by atoms with Crippen LogP contribution in [-0.4, -0.2) is 17.7 Å². The second kappa shape index (κ2) is 3.70. The fourth-order valence-corrected chi connectivity index (χ4v) is 2.90. The molecule has 4 heteroatoms. The Hall–Kier alpha value is -1.16. The van der Waals surface area contributed by atoms with Crippen LogP contribution in [0.25, 0.3) is 0 Å². The molecule has 0 spiro atoms. The molecule has 1 fully saturated rings. The Morgan fingerprint density at radius 2 is 2.06 bits per heavy atom. The van der Waals surface area contributed by atoms with Crippen LogP contribution in [0.3, 0.4) is 0 Å². The summed E-state index contributed by atoms with van der Waals surface area (Å²) in [5.74, 6) is 0.400. The third-order valence-corrected chi connectivity index (χ3v) is 3.76. The van der Waals surface area contributed by atoms with Crippen molar-refractivity contribution in [2.45, 2.75) is 18.9 Å². The van der Waals surface area contributed by atoms with E-state index < -0.39 is 0 Å². The number of rotatable bonds is 1. The third kappa shape index (κ3) is 1.67. The Labute approximate surface area is 99.2 Å². The zero-order valence-electron chi connectivity index (χ0n) is 8.79.